The van der Waals surface area contributed by atoms with Crippen LogP contribution in [0.2, 0.25) is 5.02 Å². The summed E-state index contributed by atoms with van der Waals surface area (Å²) in [5, 5.41) is 0.718. The maximum absolute atomic E-state index is 12.2. The normalized spacial score (nSPS) is 18.8. The molecule has 5 nitrogen and oxygen atoms in total. The smallest absolute Gasteiger partial charge is 0.329 e. The van der Waals surface area contributed by atoms with E-state index in [0.29, 0.717) is 5.06 Å². The quantitative estimate of drug-likeness (QED) is 0.788. The lowest BCUT2D eigenvalue weighted by Crippen LogP contribution is -2.35. The average Bonchev–Trinajstić information content (AvgIpc) is 2.74. The summed E-state index contributed by atoms with van der Waals surface area (Å²) in [6, 6.07) is 4.60. The Morgan fingerprint density at radius 3 is 2.52 bits per heavy atom. The van der Waals surface area contributed by atoms with Crippen LogP contribution in [0.1, 0.15) is 52.8 Å². The van der Waals surface area contributed by atoms with Gasteiger partial charge in [0.05, 0.1) is 22.1 Å². The van der Waals surface area contributed by atoms with Crippen molar-refractivity contribution in [2.24, 2.45) is 5.92 Å². The number of carbonyl (C=O) groups excluding carboxylic acids is 3. The van der Waals surface area contributed by atoms with Gasteiger partial charge < -0.3 is 4.84 Å². The first kappa shape index (κ1) is 14.1. The summed E-state index contributed by atoms with van der Waals surface area (Å²) in [5.74, 6) is -2.06. The number of benzene rings is 1. The molecular weight excluding hydrogens is 294 g/mol. The van der Waals surface area contributed by atoms with Gasteiger partial charge in [0.2, 0.25) is 0 Å². The Hall–Kier alpha value is -1.88. The van der Waals surface area contributed by atoms with Crippen LogP contribution in [0.25, 0.3) is 0 Å². The average molecular weight is 308 g/mol. The molecule has 21 heavy (non-hydrogen) atoms. The zero-order valence-electron chi connectivity index (χ0n) is 11.3. The first-order valence-electron chi connectivity index (χ1n) is 6.98. The van der Waals surface area contributed by atoms with E-state index in [4.69, 9.17) is 16.4 Å². The minimum Gasteiger partial charge on any atom is -0.329 e. The monoisotopic (exact) mass is 307 g/mol. The molecule has 2 amide bonds. The lowest BCUT2D eigenvalue weighted by molar-refractivity contribution is -0.174. The number of amides is 2. The van der Waals surface area contributed by atoms with E-state index in [1.807, 2.05) is 0 Å². The molecule has 0 unspecified atom stereocenters. The Kier molecular flexibility index (Phi) is 3.68. The van der Waals surface area contributed by atoms with E-state index in [1.165, 1.54) is 12.1 Å². The van der Waals surface area contributed by atoms with E-state index in [9.17, 15) is 14.4 Å². The lowest BCUT2D eigenvalue weighted by atomic mass is 9.89. The lowest BCUT2D eigenvalue weighted by Gasteiger charge is -2.21. The van der Waals surface area contributed by atoms with E-state index < -0.39 is 17.8 Å². The van der Waals surface area contributed by atoms with Crippen LogP contribution in [0.3, 0.4) is 0 Å². The molecular formula is C15H14ClNO4. The fraction of sp³-hybridized carbons (Fsp3) is 0.400. The van der Waals surface area contributed by atoms with Gasteiger partial charge in [-0.2, -0.15) is 0 Å². The predicted octanol–water partition coefficient (Wildman–Crippen LogP) is 2.97. The van der Waals surface area contributed by atoms with Crippen molar-refractivity contribution < 1.29 is 19.2 Å². The van der Waals surface area contributed by atoms with Crippen LogP contribution >= 0.6 is 11.6 Å². The Morgan fingerprint density at radius 1 is 1.14 bits per heavy atom. The van der Waals surface area contributed by atoms with E-state index in [0.717, 1.165) is 32.1 Å². The van der Waals surface area contributed by atoms with Crippen LogP contribution in [-0.2, 0) is 9.63 Å². The second kappa shape index (κ2) is 5.48. The number of hydroxylamine groups is 2. The predicted molar refractivity (Wildman–Crippen MR) is 74.6 cm³/mol. The van der Waals surface area contributed by atoms with Crippen LogP contribution in [0.4, 0.5) is 0 Å². The zero-order valence-corrected chi connectivity index (χ0v) is 12.1. The summed E-state index contributed by atoms with van der Waals surface area (Å²) in [7, 11) is 0. The molecule has 3 rings (SSSR count). The van der Waals surface area contributed by atoms with Gasteiger partial charge >= 0.3 is 5.97 Å². The van der Waals surface area contributed by atoms with Gasteiger partial charge in [0, 0.05) is 0 Å². The summed E-state index contributed by atoms with van der Waals surface area (Å²) in [6.07, 6.45) is 4.51. The molecule has 1 aromatic carbocycles. The molecule has 1 aromatic rings. The Morgan fingerprint density at radius 2 is 1.86 bits per heavy atom. The van der Waals surface area contributed by atoms with E-state index in [2.05, 4.69) is 0 Å². The number of nitrogens with zero attached hydrogens (tertiary/aromatic N) is 1. The standard InChI is InChI=1S/C15H14ClNO4/c16-11-8-4-7-10-12(11)14(19)17(13(10)18)21-15(20)9-5-2-1-3-6-9/h4,7-9H,1-3,5-6H2. The largest absolute Gasteiger partial charge is 0.336 e. The van der Waals surface area contributed by atoms with Crippen molar-refractivity contribution in [1.29, 1.82) is 0 Å². The van der Waals surface area contributed by atoms with Crippen molar-refractivity contribution in [3.05, 3.63) is 34.3 Å². The highest BCUT2D eigenvalue weighted by Crippen LogP contribution is 2.31. The van der Waals surface area contributed by atoms with E-state index >= 15 is 0 Å². The van der Waals surface area contributed by atoms with Crippen molar-refractivity contribution in [1.82, 2.24) is 5.06 Å². The molecule has 0 saturated heterocycles. The summed E-state index contributed by atoms with van der Waals surface area (Å²) >= 11 is 5.94. The molecule has 1 fully saturated rings. The SMILES string of the molecule is O=C(ON1C(=O)c2cccc(Cl)c2C1=O)C1CCCCC1. The maximum atomic E-state index is 12.2. The van der Waals surface area contributed by atoms with Gasteiger partial charge in [0.25, 0.3) is 11.8 Å². The number of hydrogen-bond acceptors (Lipinski definition) is 4. The van der Waals surface area contributed by atoms with Crippen molar-refractivity contribution in [2.45, 2.75) is 32.1 Å². The molecule has 6 heteroatoms. The van der Waals surface area contributed by atoms with Gasteiger partial charge in [-0.3, -0.25) is 9.59 Å². The second-order valence-corrected chi connectivity index (χ2v) is 5.72. The highest BCUT2D eigenvalue weighted by atomic mass is 35.5. The molecule has 0 radical (unpaired) electrons. The zero-order chi connectivity index (χ0) is 15.0. The fourth-order valence-corrected chi connectivity index (χ4v) is 3.06. The minimum atomic E-state index is -0.676. The number of imide groups is 1. The molecule has 110 valence electrons. The van der Waals surface area contributed by atoms with Crippen molar-refractivity contribution in [3.63, 3.8) is 0 Å². The minimum absolute atomic E-state index is 0.0978. The van der Waals surface area contributed by atoms with E-state index in [1.54, 1.807) is 6.07 Å². The molecule has 1 aliphatic carbocycles. The van der Waals surface area contributed by atoms with E-state index in [-0.39, 0.29) is 22.1 Å². The topological polar surface area (TPSA) is 63.7 Å². The molecule has 1 saturated carbocycles. The molecule has 0 atom stereocenters. The van der Waals surface area contributed by atoms with Crippen LogP contribution in [-0.4, -0.2) is 22.8 Å². The van der Waals surface area contributed by atoms with Crippen molar-refractivity contribution >= 4 is 29.4 Å². The summed E-state index contributed by atoms with van der Waals surface area (Å²) in [6.45, 7) is 0. The van der Waals surface area contributed by atoms with Crippen LogP contribution in [0.5, 0.6) is 0 Å². The Bertz CT molecular complexity index is 622. The highest BCUT2D eigenvalue weighted by Gasteiger charge is 2.41. The van der Waals surface area contributed by atoms with Crippen molar-refractivity contribution in [3.8, 4) is 0 Å². The molecule has 1 heterocycles. The molecule has 0 bridgehead atoms. The fourth-order valence-electron chi connectivity index (χ4n) is 2.81. The molecule has 1 aliphatic heterocycles. The number of fused-ring (bicyclic) bond motifs is 1. The van der Waals surface area contributed by atoms with Gasteiger partial charge in [-0.25, -0.2) is 4.79 Å². The molecule has 0 N–H and O–H groups in total. The third-order valence-electron chi connectivity index (χ3n) is 3.95. The summed E-state index contributed by atoms with van der Waals surface area (Å²) in [5.41, 5.74) is 0.268. The summed E-state index contributed by atoms with van der Waals surface area (Å²) < 4.78 is 0. The maximum Gasteiger partial charge on any atom is 0.336 e. The van der Waals surface area contributed by atoms with Crippen molar-refractivity contribution in [2.75, 3.05) is 0 Å². The third kappa shape index (κ3) is 2.42. The van der Waals surface area contributed by atoms with Gasteiger partial charge in [-0.1, -0.05) is 42.0 Å². The molecule has 0 aromatic heterocycles. The number of hydrogen-bond donors (Lipinski definition) is 0. The van der Waals surface area contributed by atoms with Gasteiger partial charge in [0.15, 0.2) is 0 Å². The second-order valence-electron chi connectivity index (χ2n) is 5.31. The van der Waals surface area contributed by atoms with Crippen LogP contribution in [0, 0.1) is 5.92 Å². The molecule has 2 aliphatic rings. The third-order valence-corrected chi connectivity index (χ3v) is 4.26. The highest BCUT2D eigenvalue weighted by molar-refractivity contribution is 6.37. The molecule has 0 spiro atoms. The van der Waals surface area contributed by atoms with Crippen LogP contribution < -0.4 is 0 Å². The van der Waals surface area contributed by atoms with Gasteiger partial charge in [-0.05, 0) is 25.0 Å². The number of rotatable bonds is 2. The van der Waals surface area contributed by atoms with Crippen LogP contribution in [0.15, 0.2) is 18.2 Å². The van der Waals surface area contributed by atoms with Gasteiger partial charge in [0.1, 0.15) is 0 Å². The number of carbonyl (C=O) groups is 3. The van der Waals surface area contributed by atoms with Gasteiger partial charge in [-0.15, -0.1) is 0 Å². The number of halogens is 1. The Labute approximate surface area is 126 Å². The first-order chi connectivity index (χ1) is 10.1. The first-order valence-corrected chi connectivity index (χ1v) is 7.36. The summed E-state index contributed by atoms with van der Waals surface area (Å²) in [4.78, 5) is 41.5. The Balaban J connectivity index is 1.79.